The molecule has 0 aliphatic heterocycles. The van der Waals surface area contributed by atoms with Crippen molar-refractivity contribution in [3.8, 4) is 5.75 Å². The van der Waals surface area contributed by atoms with Crippen LogP contribution in [0.3, 0.4) is 0 Å². The molecule has 21 heavy (non-hydrogen) atoms. The quantitative estimate of drug-likeness (QED) is 0.796. The number of halogens is 3. The maximum atomic E-state index is 12.4. The van der Waals surface area contributed by atoms with Gasteiger partial charge in [-0.2, -0.15) is 0 Å². The van der Waals surface area contributed by atoms with Crippen molar-refractivity contribution in [3.63, 3.8) is 0 Å². The van der Waals surface area contributed by atoms with Gasteiger partial charge in [0.2, 0.25) is 5.91 Å². The molecule has 5 nitrogen and oxygen atoms in total. The summed E-state index contributed by atoms with van der Waals surface area (Å²) in [6, 6.07) is 4.37. The number of likely N-dealkylation sites (N-methyl/N-ethyl adjacent to an activating group) is 1. The van der Waals surface area contributed by atoms with E-state index in [4.69, 9.17) is 5.73 Å². The van der Waals surface area contributed by atoms with Crippen molar-refractivity contribution in [2.45, 2.75) is 12.4 Å². The Morgan fingerprint density at radius 3 is 2.52 bits per heavy atom. The van der Waals surface area contributed by atoms with Gasteiger partial charge in [-0.05, 0) is 20.2 Å². The highest BCUT2D eigenvalue weighted by Gasteiger charge is 2.33. The molecule has 1 atom stereocenters. The number of nitrogens with zero attached hydrogens (tertiary/aromatic N) is 1. The Balaban J connectivity index is 2.94. The van der Waals surface area contributed by atoms with Gasteiger partial charge in [0.15, 0.2) is 0 Å². The molecule has 118 valence electrons. The van der Waals surface area contributed by atoms with Crippen molar-refractivity contribution >= 4 is 5.91 Å². The van der Waals surface area contributed by atoms with E-state index in [-0.39, 0.29) is 5.56 Å². The van der Waals surface area contributed by atoms with Gasteiger partial charge in [0, 0.05) is 18.7 Å². The van der Waals surface area contributed by atoms with Gasteiger partial charge >= 0.3 is 6.36 Å². The summed E-state index contributed by atoms with van der Waals surface area (Å²) in [5.74, 6) is -1.21. The molecule has 8 heteroatoms. The second-order valence-electron chi connectivity index (χ2n) is 4.68. The SMILES string of the molecule is CN(C)CCNC(C(N)=O)c1ccccc1OC(F)(F)F. The van der Waals surface area contributed by atoms with Crippen molar-refractivity contribution in [2.24, 2.45) is 5.73 Å². The minimum atomic E-state index is -4.83. The lowest BCUT2D eigenvalue weighted by molar-refractivity contribution is -0.275. The molecule has 0 aliphatic rings. The van der Waals surface area contributed by atoms with Crippen LogP contribution in [0.15, 0.2) is 24.3 Å². The van der Waals surface area contributed by atoms with Crippen molar-refractivity contribution < 1.29 is 22.7 Å². The molecule has 0 aromatic heterocycles. The Morgan fingerprint density at radius 2 is 2.00 bits per heavy atom. The number of ether oxygens (including phenoxy) is 1. The summed E-state index contributed by atoms with van der Waals surface area (Å²) in [5, 5.41) is 2.83. The van der Waals surface area contributed by atoms with E-state index < -0.39 is 24.1 Å². The highest BCUT2D eigenvalue weighted by Crippen LogP contribution is 2.30. The molecular formula is C13H18F3N3O2. The number of hydrogen-bond acceptors (Lipinski definition) is 4. The summed E-state index contributed by atoms with van der Waals surface area (Å²) in [5.41, 5.74) is 5.32. The Hall–Kier alpha value is -1.80. The standard InChI is InChI=1S/C13H18F3N3O2/c1-19(2)8-7-18-11(12(17)20)9-5-3-4-6-10(9)21-13(14,15)16/h3-6,11,18H,7-8H2,1-2H3,(H2,17,20). The summed E-state index contributed by atoms with van der Waals surface area (Å²) in [7, 11) is 3.67. The van der Waals surface area contributed by atoms with Crippen molar-refractivity contribution in [3.05, 3.63) is 29.8 Å². The first-order chi connectivity index (χ1) is 9.70. The van der Waals surface area contributed by atoms with E-state index >= 15 is 0 Å². The third-order valence-electron chi connectivity index (χ3n) is 2.65. The monoisotopic (exact) mass is 305 g/mol. The molecule has 0 bridgehead atoms. The molecule has 0 radical (unpaired) electrons. The number of benzene rings is 1. The Labute approximate surface area is 120 Å². The number of alkyl halides is 3. The maximum Gasteiger partial charge on any atom is 0.573 e. The number of rotatable bonds is 7. The van der Waals surface area contributed by atoms with E-state index in [1.807, 2.05) is 19.0 Å². The fourth-order valence-corrected chi connectivity index (χ4v) is 1.73. The van der Waals surface area contributed by atoms with Crippen LogP contribution in [-0.2, 0) is 4.79 Å². The van der Waals surface area contributed by atoms with Crippen LogP contribution in [0.4, 0.5) is 13.2 Å². The summed E-state index contributed by atoms with van der Waals surface area (Å²) in [6.45, 7) is 0.993. The van der Waals surface area contributed by atoms with Crippen LogP contribution < -0.4 is 15.8 Å². The number of carbonyl (C=O) groups excluding carboxylic acids is 1. The third-order valence-corrected chi connectivity index (χ3v) is 2.65. The predicted octanol–water partition coefficient (Wildman–Crippen LogP) is 1.26. The van der Waals surface area contributed by atoms with Crippen LogP contribution in [0.2, 0.25) is 0 Å². The lowest BCUT2D eigenvalue weighted by Crippen LogP contribution is -2.37. The van der Waals surface area contributed by atoms with E-state index in [1.54, 1.807) is 0 Å². The van der Waals surface area contributed by atoms with E-state index in [1.165, 1.54) is 18.2 Å². The summed E-state index contributed by atoms with van der Waals surface area (Å²) in [4.78, 5) is 13.4. The minimum Gasteiger partial charge on any atom is -0.405 e. The molecule has 0 aliphatic carbocycles. The summed E-state index contributed by atoms with van der Waals surface area (Å²) >= 11 is 0. The molecule has 1 rings (SSSR count). The van der Waals surface area contributed by atoms with Gasteiger partial charge in [-0.25, -0.2) is 0 Å². The van der Waals surface area contributed by atoms with Gasteiger partial charge in [0.1, 0.15) is 11.8 Å². The largest absolute Gasteiger partial charge is 0.573 e. The van der Waals surface area contributed by atoms with Gasteiger partial charge in [-0.15, -0.1) is 13.2 Å². The third kappa shape index (κ3) is 6.01. The van der Waals surface area contributed by atoms with Crippen LogP contribution >= 0.6 is 0 Å². The van der Waals surface area contributed by atoms with Crippen molar-refractivity contribution in [1.82, 2.24) is 10.2 Å². The van der Waals surface area contributed by atoms with Gasteiger partial charge in [-0.3, -0.25) is 4.79 Å². The first kappa shape index (κ1) is 17.3. The van der Waals surface area contributed by atoms with E-state index in [9.17, 15) is 18.0 Å². The number of nitrogens with two attached hydrogens (primary N) is 1. The van der Waals surface area contributed by atoms with Gasteiger partial charge in [0.25, 0.3) is 0 Å². The summed E-state index contributed by atoms with van der Waals surface area (Å²) in [6.07, 6.45) is -4.83. The number of hydrogen-bond donors (Lipinski definition) is 2. The average Bonchev–Trinajstić information content (AvgIpc) is 2.33. The highest BCUT2D eigenvalue weighted by atomic mass is 19.4. The average molecular weight is 305 g/mol. The Kier molecular flexibility index (Phi) is 5.98. The molecule has 3 N–H and O–H groups in total. The number of amides is 1. The van der Waals surface area contributed by atoms with Crippen LogP contribution in [0.25, 0.3) is 0 Å². The van der Waals surface area contributed by atoms with Gasteiger partial charge < -0.3 is 20.7 Å². The first-order valence-corrected chi connectivity index (χ1v) is 6.23. The zero-order valence-corrected chi connectivity index (χ0v) is 11.8. The van der Waals surface area contributed by atoms with Crippen LogP contribution in [-0.4, -0.2) is 44.4 Å². The molecule has 1 aromatic carbocycles. The smallest absolute Gasteiger partial charge is 0.405 e. The van der Waals surface area contributed by atoms with Crippen molar-refractivity contribution in [2.75, 3.05) is 27.2 Å². The molecule has 1 unspecified atom stereocenters. The molecule has 0 heterocycles. The fraction of sp³-hybridized carbons (Fsp3) is 0.462. The lowest BCUT2D eigenvalue weighted by atomic mass is 10.1. The topological polar surface area (TPSA) is 67.6 Å². The maximum absolute atomic E-state index is 12.4. The second kappa shape index (κ2) is 7.28. The van der Waals surface area contributed by atoms with Gasteiger partial charge in [-0.1, -0.05) is 18.2 Å². The van der Waals surface area contributed by atoms with Gasteiger partial charge in [0.05, 0.1) is 0 Å². The molecule has 0 spiro atoms. The molecule has 0 fully saturated rings. The van der Waals surface area contributed by atoms with E-state index in [0.29, 0.717) is 13.1 Å². The lowest BCUT2D eigenvalue weighted by Gasteiger charge is -2.20. The summed E-state index contributed by atoms with van der Waals surface area (Å²) < 4.78 is 41.1. The minimum absolute atomic E-state index is 0.0566. The molecule has 1 aromatic rings. The highest BCUT2D eigenvalue weighted by molar-refractivity contribution is 5.82. The van der Waals surface area contributed by atoms with E-state index in [0.717, 1.165) is 6.07 Å². The number of primary amides is 1. The number of nitrogens with one attached hydrogen (secondary N) is 1. The fourth-order valence-electron chi connectivity index (χ4n) is 1.73. The molecular weight excluding hydrogens is 287 g/mol. The molecule has 0 saturated carbocycles. The van der Waals surface area contributed by atoms with Crippen LogP contribution in [0, 0.1) is 0 Å². The predicted molar refractivity (Wildman–Crippen MR) is 71.6 cm³/mol. The normalized spacial score (nSPS) is 13.2. The van der Waals surface area contributed by atoms with Crippen LogP contribution in [0.1, 0.15) is 11.6 Å². The molecule has 1 amide bonds. The zero-order chi connectivity index (χ0) is 16.0. The van der Waals surface area contributed by atoms with Crippen LogP contribution in [0.5, 0.6) is 5.75 Å². The Bertz CT molecular complexity index is 478. The number of carbonyl (C=O) groups is 1. The Morgan fingerprint density at radius 1 is 1.38 bits per heavy atom. The number of para-hydroxylation sites is 1. The second-order valence-corrected chi connectivity index (χ2v) is 4.68. The first-order valence-electron chi connectivity index (χ1n) is 6.23. The molecule has 0 saturated heterocycles. The zero-order valence-electron chi connectivity index (χ0n) is 11.8. The van der Waals surface area contributed by atoms with Crippen molar-refractivity contribution in [1.29, 1.82) is 0 Å². The van der Waals surface area contributed by atoms with E-state index in [2.05, 4.69) is 10.1 Å².